The molecule has 4 aromatic rings. The van der Waals surface area contributed by atoms with Gasteiger partial charge in [0.25, 0.3) is 5.91 Å². The molecule has 1 aliphatic rings. The predicted octanol–water partition coefficient (Wildman–Crippen LogP) is 5.65. The molecule has 3 heterocycles. The van der Waals surface area contributed by atoms with E-state index in [1.807, 2.05) is 50.2 Å². The van der Waals surface area contributed by atoms with Gasteiger partial charge in [0.15, 0.2) is 0 Å². The summed E-state index contributed by atoms with van der Waals surface area (Å²) in [7, 11) is 0. The van der Waals surface area contributed by atoms with Gasteiger partial charge in [-0.1, -0.05) is 12.1 Å². The van der Waals surface area contributed by atoms with Crippen molar-refractivity contribution in [2.75, 3.05) is 31.7 Å². The summed E-state index contributed by atoms with van der Waals surface area (Å²) < 4.78 is 22.4. The Kier molecular flexibility index (Phi) is 10.9. The number of hydrogen-bond acceptors (Lipinski definition) is 8. The second-order valence-corrected chi connectivity index (χ2v) is 13.3. The maximum absolute atomic E-state index is 14.3. The molecular weight excluding hydrogens is 603 g/mol. The molecule has 1 aliphatic heterocycles. The normalized spacial score (nSPS) is 14.3. The quantitative estimate of drug-likeness (QED) is 0.192. The first-order valence-corrected chi connectivity index (χ1v) is 17.0. The summed E-state index contributed by atoms with van der Waals surface area (Å²) >= 11 is 1.78. The van der Waals surface area contributed by atoms with Gasteiger partial charge in [0.05, 0.1) is 29.2 Å². The number of aliphatic hydroxyl groups excluding tert-OH is 1. The van der Waals surface area contributed by atoms with E-state index >= 15 is 0 Å². The van der Waals surface area contributed by atoms with E-state index < -0.39 is 11.4 Å². The average molecular weight is 645 g/mol. The highest BCUT2D eigenvalue weighted by Gasteiger charge is 2.25. The Labute approximate surface area is 273 Å². The van der Waals surface area contributed by atoms with Crippen LogP contribution in [0.4, 0.5) is 4.39 Å². The van der Waals surface area contributed by atoms with Crippen LogP contribution in [-0.4, -0.2) is 67.7 Å². The molecule has 1 fully saturated rings. The monoisotopic (exact) mass is 644 g/mol. The maximum atomic E-state index is 14.3. The summed E-state index contributed by atoms with van der Waals surface area (Å²) in [6, 6.07) is 17.7. The molecule has 0 bridgehead atoms. The van der Waals surface area contributed by atoms with E-state index in [1.54, 1.807) is 30.0 Å². The molecule has 0 atom stereocenters. The fourth-order valence-corrected chi connectivity index (χ4v) is 6.16. The second kappa shape index (κ2) is 15.1. The van der Waals surface area contributed by atoms with Crippen LogP contribution in [-0.2, 0) is 19.7 Å². The van der Waals surface area contributed by atoms with E-state index in [2.05, 4.69) is 21.0 Å². The number of pyridine rings is 1. The van der Waals surface area contributed by atoms with Crippen LogP contribution in [0.5, 0.6) is 5.88 Å². The number of nitriles is 1. The van der Waals surface area contributed by atoms with Crippen LogP contribution in [0.15, 0.2) is 54.6 Å². The van der Waals surface area contributed by atoms with Gasteiger partial charge in [-0.3, -0.25) is 9.69 Å². The number of carbonyl (C=O) groups excluding carboxylic acids is 1. The molecule has 242 valence electrons. The van der Waals surface area contributed by atoms with Gasteiger partial charge in [0.2, 0.25) is 5.88 Å². The number of benzene rings is 2. The van der Waals surface area contributed by atoms with Crippen molar-refractivity contribution in [3.8, 4) is 11.9 Å². The number of carbonyl (C=O) groups is 1. The zero-order chi connectivity index (χ0) is 32.7. The van der Waals surface area contributed by atoms with Crippen LogP contribution in [0.2, 0.25) is 0 Å². The lowest BCUT2D eigenvalue weighted by Gasteiger charge is -2.31. The highest BCUT2D eigenvalue weighted by molar-refractivity contribution is 7.98. The van der Waals surface area contributed by atoms with Crippen LogP contribution in [0.25, 0.3) is 11.0 Å². The van der Waals surface area contributed by atoms with Crippen molar-refractivity contribution in [2.24, 2.45) is 0 Å². The van der Waals surface area contributed by atoms with Gasteiger partial charge in [-0.05, 0) is 88.9 Å². The van der Waals surface area contributed by atoms with Crippen LogP contribution < -0.4 is 10.1 Å². The lowest BCUT2D eigenvalue weighted by molar-refractivity contribution is 0.0899. The number of ether oxygens (including phenoxy) is 1. The average Bonchev–Trinajstić information content (AvgIpc) is 3.39. The minimum Gasteiger partial charge on any atom is -0.473 e. The first kappa shape index (κ1) is 33.4. The Hall–Kier alpha value is -3.98. The summed E-state index contributed by atoms with van der Waals surface area (Å²) in [5, 5.41) is 21.3. The Balaban J connectivity index is 1.23. The summed E-state index contributed by atoms with van der Waals surface area (Å²) in [6.45, 7) is 7.17. The number of nitrogens with one attached hydrogen (secondary N) is 1. The molecular formula is C35H41FN6O3S. The van der Waals surface area contributed by atoms with Crippen molar-refractivity contribution in [2.45, 2.75) is 64.3 Å². The number of piperidine rings is 1. The zero-order valence-electron chi connectivity index (χ0n) is 26.6. The van der Waals surface area contributed by atoms with E-state index in [0.29, 0.717) is 30.0 Å². The largest absolute Gasteiger partial charge is 0.473 e. The number of aryl methyl sites for hydroxylation is 1. The Morgan fingerprint density at radius 2 is 1.98 bits per heavy atom. The third-order valence-corrected chi connectivity index (χ3v) is 9.06. The molecule has 0 saturated carbocycles. The molecule has 2 aromatic carbocycles. The van der Waals surface area contributed by atoms with Crippen molar-refractivity contribution in [3.05, 3.63) is 88.6 Å². The summed E-state index contributed by atoms with van der Waals surface area (Å²) in [5.74, 6) is 2.04. The van der Waals surface area contributed by atoms with Crippen molar-refractivity contribution in [1.29, 1.82) is 5.26 Å². The lowest BCUT2D eigenvalue weighted by Crippen LogP contribution is -2.44. The van der Waals surface area contributed by atoms with Crippen molar-refractivity contribution in [3.63, 3.8) is 0 Å². The van der Waals surface area contributed by atoms with Gasteiger partial charge >= 0.3 is 0 Å². The number of halogens is 1. The number of nitrogens with zero attached hydrogens (tertiary/aromatic N) is 5. The standard InChI is InChI=1S/C35H41FN6O3S/c1-35(2,13-17-43)40-34(44)26-9-10-30-31(20-26)42(16-18-46-3)32(38-30)22-41-14-11-25(12-15-41)29-5-4-6-33(39-29)45-23-27-8-7-24(21-37)19-28(27)36/h4-10,19-20,25,43H,11-18,22-23H2,1-3H3,(H,40,44). The summed E-state index contributed by atoms with van der Waals surface area (Å²) in [5.41, 5.74) is 3.53. The van der Waals surface area contributed by atoms with E-state index in [1.165, 1.54) is 6.07 Å². The number of amides is 1. The highest BCUT2D eigenvalue weighted by atomic mass is 32.2. The van der Waals surface area contributed by atoms with Gasteiger partial charge in [0.1, 0.15) is 18.2 Å². The first-order chi connectivity index (χ1) is 22.2. The number of aromatic nitrogens is 3. The number of likely N-dealkylation sites (tertiary alicyclic amines) is 1. The number of aliphatic hydroxyl groups is 1. The first-order valence-electron chi connectivity index (χ1n) is 15.6. The second-order valence-electron chi connectivity index (χ2n) is 12.3. The molecule has 9 nitrogen and oxygen atoms in total. The van der Waals surface area contributed by atoms with Crippen molar-refractivity contribution >= 4 is 28.7 Å². The third-order valence-electron chi connectivity index (χ3n) is 8.47. The van der Waals surface area contributed by atoms with E-state index in [-0.39, 0.29) is 30.6 Å². The minimum absolute atomic E-state index is 0.00894. The fourth-order valence-electron chi connectivity index (χ4n) is 5.80. The number of thioether (sulfide) groups is 1. The topological polar surface area (TPSA) is 116 Å². The number of rotatable bonds is 13. The van der Waals surface area contributed by atoms with Gasteiger partial charge in [0, 0.05) is 53.2 Å². The van der Waals surface area contributed by atoms with Crippen LogP contribution in [0.1, 0.15) is 72.0 Å². The van der Waals surface area contributed by atoms with Crippen molar-refractivity contribution < 1.29 is 19.0 Å². The van der Waals surface area contributed by atoms with Crippen LogP contribution in [0, 0.1) is 17.1 Å². The predicted molar refractivity (Wildman–Crippen MR) is 178 cm³/mol. The van der Waals surface area contributed by atoms with Gasteiger partial charge in [-0.2, -0.15) is 17.0 Å². The molecule has 2 aromatic heterocycles. The molecule has 0 spiro atoms. The number of imidazole rings is 1. The summed E-state index contributed by atoms with van der Waals surface area (Å²) in [4.78, 5) is 25.2. The summed E-state index contributed by atoms with van der Waals surface area (Å²) in [6.07, 6.45) is 4.45. The van der Waals surface area contributed by atoms with Crippen LogP contribution >= 0.6 is 11.8 Å². The van der Waals surface area contributed by atoms with E-state index in [4.69, 9.17) is 20.0 Å². The maximum Gasteiger partial charge on any atom is 0.251 e. The smallest absolute Gasteiger partial charge is 0.251 e. The molecule has 2 N–H and O–H groups in total. The third kappa shape index (κ3) is 8.23. The minimum atomic E-state index is -0.507. The van der Waals surface area contributed by atoms with Gasteiger partial charge in [-0.15, -0.1) is 0 Å². The molecule has 0 radical (unpaired) electrons. The molecule has 5 rings (SSSR count). The molecule has 1 amide bonds. The van der Waals surface area contributed by atoms with Gasteiger partial charge < -0.3 is 19.7 Å². The van der Waals surface area contributed by atoms with Gasteiger partial charge in [-0.25, -0.2) is 14.4 Å². The van der Waals surface area contributed by atoms with E-state index in [0.717, 1.165) is 60.8 Å². The van der Waals surface area contributed by atoms with Crippen LogP contribution in [0.3, 0.4) is 0 Å². The Bertz CT molecular complexity index is 1710. The zero-order valence-corrected chi connectivity index (χ0v) is 27.4. The molecule has 0 unspecified atom stereocenters. The number of hydrogen-bond donors (Lipinski definition) is 2. The Morgan fingerprint density at radius 3 is 2.70 bits per heavy atom. The Morgan fingerprint density at radius 1 is 1.17 bits per heavy atom. The SMILES string of the molecule is CSCCn1c(CN2CCC(c3cccc(OCc4ccc(C#N)cc4F)n3)CC2)nc2ccc(C(=O)NC(C)(C)CCO)cc21. The van der Waals surface area contributed by atoms with E-state index in [9.17, 15) is 14.3 Å². The molecule has 0 aliphatic carbocycles. The molecule has 46 heavy (non-hydrogen) atoms. The molecule has 1 saturated heterocycles. The molecule has 11 heteroatoms. The van der Waals surface area contributed by atoms with Crippen molar-refractivity contribution in [1.82, 2.24) is 24.8 Å². The lowest BCUT2D eigenvalue weighted by atomic mass is 9.93. The highest BCUT2D eigenvalue weighted by Crippen LogP contribution is 2.29. The number of fused-ring (bicyclic) bond motifs is 1. The fraction of sp³-hybridized carbons (Fsp3) is 0.429.